The fourth-order valence-corrected chi connectivity index (χ4v) is 4.46. The molecule has 3 aliphatic rings. The van der Waals surface area contributed by atoms with E-state index in [1.54, 1.807) is 19.1 Å². The van der Waals surface area contributed by atoms with Gasteiger partial charge in [-0.05, 0) is 24.5 Å². The average Bonchev–Trinajstić information content (AvgIpc) is 3.29. The van der Waals surface area contributed by atoms with Crippen LogP contribution in [0.25, 0.3) is 0 Å². The molecule has 0 spiro atoms. The van der Waals surface area contributed by atoms with Gasteiger partial charge in [-0.25, -0.2) is 9.78 Å². The number of benzene rings is 1. The van der Waals surface area contributed by atoms with E-state index in [-0.39, 0.29) is 42.0 Å². The number of ether oxygens (including phenoxy) is 1. The summed E-state index contributed by atoms with van der Waals surface area (Å²) in [5.74, 6) is -2.15. The zero-order valence-corrected chi connectivity index (χ0v) is 16.7. The Morgan fingerprint density at radius 1 is 1.39 bits per heavy atom. The summed E-state index contributed by atoms with van der Waals surface area (Å²) in [5, 5.41) is 30.0. The maximum Gasteiger partial charge on any atom is 0.434 e. The van der Waals surface area contributed by atoms with Crippen LogP contribution in [0.1, 0.15) is 40.9 Å². The van der Waals surface area contributed by atoms with Gasteiger partial charge in [0.2, 0.25) is 5.91 Å². The number of carbonyl (C=O) groups excluding carboxylic acids is 1. The van der Waals surface area contributed by atoms with Crippen molar-refractivity contribution >= 4 is 18.6 Å². The van der Waals surface area contributed by atoms with Crippen LogP contribution in [-0.4, -0.2) is 67.8 Å². The third-order valence-corrected chi connectivity index (χ3v) is 6.38. The van der Waals surface area contributed by atoms with E-state index in [4.69, 9.17) is 15.1 Å². The maximum atomic E-state index is 12.8. The minimum atomic E-state index is -3.11. The molecule has 3 atom stereocenters. The summed E-state index contributed by atoms with van der Waals surface area (Å²) in [5.41, 5.74) is 5.77. The smallest absolute Gasteiger partial charge is 0.434 e. The van der Waals surface area contributed by atoms with Gasteiger partial charge in [-0.15, -0.1) is 0 Å². The number of fused-ring (bicyclic) bond motifs is 3. The van der Waals surface area contributed by atoms with Gasteiger partial charge >= 0.3 is 12.7 Å². The monoisotopic (exact) mass is 429 g/mol. The Morgan fingerprint density at radius 3 is 2.77 bits per heavy atom. The summed E-state index contributed by atoms with van der Waals surface area (Å²) in [6, 6.07) is 3.25. The van der Waals surface area contributed by atoms with Gasteiger partial charge in [-0.2, -0.15) is 0 Å². The molecule has 164 valence electrons. The Morgan fingerprint density at radius 2 is 2.13 bits per heavy atom. The van der Waals surface area contributed by atoms with Gasteiger partial charge in [-0.3, -0.25) is 4.79 Å². The highest BCUT2D eigenvalue weighted by molar-refractivity contribution is 6.62. The quantitative estimate of drug-likeness (QED) is 0.402. The van der Waals surface area contributed by atoms with Crippen LogP contribution in [0.15, 0.2) is 24.7 Å². The van der Waals surface area contributed by atoms with Crippen LogP contribution in [0.5, 0.6) is 11.5 Å². The Kier molecular flexibility index (Phi) is 4.13. The number of aromatic amines is 1. The van der Waals surface area contributed by atoms with E-state index in [9.17, 15) is 24.7 Å². The van der Waals surface area contributed by atoms with Crippen LogP contribution in [-0.2, 0) is 10.3 Å². The number of carbonyl (C=O) groups is 2. The summed E-state index contributed by atoms with van der Waals surface area (Å²) in [6.07, 6.45) is 3.03. The molecule has 1 saturated heterocycles. The molecule has 2 aromatic rings. The van der Waals surface area contributed by atoms with Crippen LogP contribution in [0.2, 0.25) is 5.82 Å². The van der Waals surface area contributed by atoms with Gasteiger partial charge in [0.1, 0.15) is 23.0 Å². The number of aromatic carboxylic acids is 1. The summed E-state index contributed by atoms with van der Waals surface area (Å²) in [7, 11) is 0. The number of likely N-dealkylation sites (tertiary alicyclic amines) is 1. The van der Waals surface area contributed by atoms with E-state index in [0.717, 1.165) is 0 Å². The van der Waals surface area contributed by atoms with E-state index < -0.39 is 30.2 Å². The first-order chi connectivity index (χ1) is 14.6. The predicted octanol–water partition coefficient (Wildman–Crippen LogP) is -0.255. The van der Waals surface area contributed by atoms with Crippen molar-refractivity contribution in [3.05, 3.63) is 41.5 Å². The lowest BCUT2D eigenvalue weighted by molar-refractivity contribution is -0.145. The van der Waals surface area contributed by atoms with Crippen LogP contribution >= 0.6 is 0 Å². The molecule has 31 heavy (non-hydrogen) atoms. The molecular weight excluding hydrogens is 407 g/mol. The number of nitrogens with one attached hydrogen (secondary N) is 1. The first-order valence-electron chi connectivity index (χ1n) is 10.0. The number of carboxylic acid groups (broad SMARTS) is 1. The number of hydrogen-bond acceptors (Lipinski definition) is 8. The summed E-state index contributed by atoms with van der Waals surface area (Å²) < 4.78 is 11.1. The number of nitrogens with two attached hydrogens (primary N) is 1. The van der Waals surface area contributed by atoms with Crippen LogP contribution in [0.4, 0.5) is 0 Å². The molecule has 2 aliphatic heterocycles. The number of H-pyrrole nitrogens is 1. The molecule has 0 bridgehead atoms. The second-order valence-corrected chi connectivity index (χ2v) is 8.66. The number of rotatable bonds is 5. The molecule has 5 rings (SSSR count). The SMILES string of the molecule is CC(N)(C(=O)N1CC(Oc2ccc3c(c2C(=O)O)O[B-](O)(O)[C@H]2C[C@@H]32)C1)c1cnc[nH]1. The van der Waals surface area contributed by atoms with Gasteiger partial charge in [0.15, 0.2) is 0 Å². The van der Waals surface area contributed by atoms with Crippen LogP contribution in [0.3, 0.4) is 0 Å². The second kappa shape index (κ2) is 6.46. The van der Waals surface area contributed by atoms with Crippen molar-refractivity contribution in [2.45, 2.75) is 36.7 Å². The highest BCUT2D eigenvalue weighted by Gasteiger charge is 2.55. The average molecular weight is 429 g/mol. The third-order valence-electron chi connectivity index (χ3n) is 6.38. The molecule has 1 saturated carbocycles. The van der Waals surface area contributed by atoms with Crippen LogP contribution in [0, 0.1) is 0 Å². The fraction of sp³-hybridized carbons (Fsp3) is 0.421. The van der Waals surface area contributed by atoms with Crippen molar-refractivity contribution in [1.82, 2.24) is 14.9 Å². The van der Waals surface area contributed by atoms with Crippen molar-refractivity contribution in [1.29, 1.82) is 0 Å². The lowest BCUT2D eigenvalue weighted by atomic mass is 9.68. The number of amides is 1. The number of aromatic nitrogens is 2. The van der Waals surface area contributed by atoms with Gasteiger partial charge in [0.25, 0.3) is 0 Å². The van der Waals surface area contributed by atoms with Crippen molar-refractivity contribution in [2.24, 2.45) is 5.73 Å². The zero-order valence-electron chi connectivity index (χ0n) is 16.7. The van der Waals surface area contributed by atoms with Crippen molar-refractivity contribution in [2.75, 3.05) is 13.1 Å². The molecule has 12 heteroatoms. The van der Waals surface area contributed by atoms with Gasteiger partial charge in [0, 0.05) is 0 Å². The maximum absolute atomic E-state index is 12.8. The highest BCUT2D eigenvalue weighted by atomic mass is 16.6. The standard InChI is InChI=1S/C19H22BN4O7/c1-19(21,14-5-22-8-23-14)18(27)24-6-9(7-24)30-13-3-2-10-11-4-12(11)20(28,29)31-16(10)15(13)17(25)26/h2-3,5,8-9,11-12,28-29H,4,6-7,21H2,1H3,(H,22,23)(H,25,26)/q-1/t11-,12-,19?/m0/s1. The largest absolute Gasteiger partial charge is 0.669 e. The molecule has 3 heterocycles. The van der Waals surface area contributed by atoms with E-state index in [0.29, 0.717) is 17.7 Å². The Hall–Kier alpha value is -3.09. The topological polar surface area (TPSA) is 171 Å². The predicted molar refractivity (Wildman–Crippen MR) is 106 cm³/mol. The molecule has 0 radical (unpaired) electrons. The molecular formula is C19H22BN4O7-. The van der Waals surface area contributed by atoms with Gasteiger partial charge < -0.3 is 40.2 Å². The van der Waals surface area contributed by atoms with Crippen molar-refractivity contribution in [3.63, 3.8) is 0 Å². The minimum Gasteiger partial charge on any atom is -0.669 e. The van der Waals surface area contributed by atoms with E-state index in [2.05, 4.69) is 9.97 Å². The van der Waals surface area contributed by atoms with E-state index >= 15 is 0 Å². The fourth-order valence-electron chi connectivity index (χ4n) is 4.46. The zero-order chi connectivity index (χ0) is 22.1. The van der Waals surface area contributed by atoms with Gasteiger partial charge in [0.05, 0.1) is 37.1 Å². The molecule has 1 aliphatic carbocycles. The summed E-state index contributed by atoms with van der Waals surface area (Å²) in [6.45, 7) is -1.06. The van der Waals surface area contributed by atoms with E-state index in [1.165, 1.54) is 17.4 Å². The number of hydrogen-bond donors (Lipinski definition) is 5. The Bertz CT molecular complexity index is 1070. The lowest BCUT2D eigenvalue weighted by Crippen LogP contribution is -2.62. The first kappa shape index (κ1) is 19.9. The normalized spacial score (nSPS) is 25.4. The Balaban J connectivity index is 1.32. The lowest BCUT2D eigenvalue weighted by Gasteiger charge is -2.42. The number of carboxylic acids is 1. The molecule has 1 unspecified atom stereocenters. The second-order valence-electron chi connectivity index (χ2n) is 8.66. The third kappa shape index (κ3) is 3.06. The van der Waals surface area contributed by atoms with Gasteiger partial charge in [-0.1, -0.05) is 18.3 Å². The number of nitrogens with zero attached hydrogens (tertiary/aromatic N) is 2. The van der Waals surface area contributed by atoms with Crippen molar-refractivity contribution < 1.29 is 34.1 Å². The van der Waals surface area contributed by atoms with Crippen LogP contribution < -0.4 is 15.1 Å². The summed E-state index contributed by atoms with van der Waals surface area (Å²) >= 11 is 0. The Labute approximate surface area is 176 Å². The molecule has 1 aromatic heterocycles. The molecule has 2 fully saturated rings. The molecule has 1 amide bonds. The molecule has 11 nitrogen and oxygen atoms in total. The highest BCUT2D eigenvalue weighted by Crippen LogP contribution is 2.63. The first-order valence-corrected chi connectivity index (χ1v) is 10.0. The number of imidazole rings is 1. The molecule has 6 N–H and O–H groups in total. The minimum absolute atomic E-state index is 0.0538. The summed E-state index contributed by atoms with van der Waals surface area (Å²) in [4.78, 5) is 32.9. The van der Waals surface area contributed by atoms with Crippen molar-refractivity contribution in [3.8, 4) is 11.5 Å². The molecule has 1 aromatic carbocycles. The van der Waals surface area contributed by atoms with E-state index in [1.807, 2.05) is 0 Å².